The van der Waals surface area contributed by atoms with Crippen LogP contribution in [0.25, 0.3) is 0 Å². The van der Waals surface area contributed by atoms with Gasteiger partial charge >= 0.3 is 13.8 Å². The van der Waals surface area contributed by atoms with E-state index in [9.17, 15) is 4.79 Å². The van der Waals surface area contributed by atoms with E-state index in [4.69, 9.17) is 9.68 Å². The van der Waals surface area contributed by atoms with E-state index in [-0.39, 0.29) is 7.69 Å². The Bertz CT molecular complexity index is 301. The van der Waals surface area contributed by atoms with Gasteiger partial charge in [-0.15, -0.1) is 0 Å². The van der Waals surface area contributed by atoms with Crippen LogP contribution in [-0.2, 0) is 4.74 Å². The molecule has 2 N–H and O–H groups in total. The lowest BCUT2D eigenvalue weighted by atomic mass is 10.3. The third-order valence-corrected chi connectivity index (χ3v) is 1.52. The third kappa shape index (κ3) is 2.99. The van der Waals surface area contributed by atoms with Gasteiger partial charge in [0.25, 0.3) is 0 Å². The molecule has 1 aromatic rings. The van der Waals surface area contributed by atoms with Crippen molar-refractivity contribution in [3.8, 4) is 5.75 Å². The monoisotopic (exact) mass is 195 g/mol. The standard InChI is InChI=1S/C8H10BNO4/c1-13-8(11)10-6-2-4-7(5-3-6)14-9-12/h2-5,9,12H,1H3,(H,10,11). The zero-order valence-corrected chi connectivity index (χ0v) is 7.69. The van der Waals surface area contributed by atoms with E-state index < -0.39 is 6.09 Å². The van der Waals surface area contributed by atoms with E-state index in [0.29, 0.717) is 11.4 Å². The minimum Gasteiger partial charge on any atom is -0.539 e. The molecule has 0 saturated heterocycles. The molecule has 14 heavy (non-hydrogen) atoms. The van der Waals surface area contributed by atoms with Crippen molar-refractivity contribution in [1.29, 1.82) is 0 Å². The van der Waals surface area contributed by atoms with Crippen molar-refractivity contribution < 1.29 is 19.2 Å². The summed E-state index contributed by atoms with van der Waals surface area (Å²) in [4.78, 5) is 10.8. The van der Waals surface area contributed by atoms with E-state index in [1.807, 2.05) is 0 Å². The minimum absolute atomic E-state index is 0.371. The van der Waals surface area contributed by atoms with Crippen molar-refractivity contribution in [2.75, 3.05) is 12.4 Å². The van der Waals surface area contributed by atoms with Crippen LogP contribution in [0.4, 0.5) is 10.5 Å². The molecule has 6 heteroatoms. The van der Waals surface area contributed by atoms with Crippen molar-refractivity contribution in [3.05, 3.63) is 24.3 Å². The first kappa shape index (κ1) is 10.4. The van der Waals surface area contributed by atoms with Gasteiger partial charge in [-0.25, -0.2) is 4.79 Å². The Hall–Kier alpha value is -1.69. The molecular formula is C8H10BNO4. The van der Waals surface area contributed by atoms with Gasteiger partial charge in [-0.2, -0.15) is 0 Å². The summed E-state index contributed by atoms with van der Waals surface area (Å²) < 4.78 is 9.21. The molecule has 1 aromatic carbocycles. The number of benzene rings is 1. The third-order valence-electron chi connectivity index (χ3n) is 1.52. The van der Waals surface area contributed by atoms with Crippen LogP contribution in [0.1, 0.15) is 0 Å². The second-order valence-electron chi connectivity index (χ2n) is 2.41. The molecule has 0 aliphatic rings. The van der Waals surface area contributed by atoms with Crippen molar-refractivity contribution in [2.45, 2.75) is 0 Å². The molecule has 0 spiro atoms. The maximum absolute atomic E-state index is 10.8. The molecular weight excluding hydrogens is 185 g/mol. The summed E-state index contributed by atoms with van der Waals surface area (Å²) in [6.07, 6.45) is -0.527. The first-order valence-corrected chi connectivity index (χ1v) is 3.95. The number of carbonyl (C=O) groups is 1. The van der Waals surface area contributed by atoms with Crippen LogP contribution in [-0.4, -0.2) is 25.9 Å². The summed E-state index contributed by atoms with van der Waals surface area (Å²) in [5.41, 5.74) is 0.599. The summed E-state index contributed by atoms with van der Waals surface area (Å²) in [5.74, 6) is 0.530. The molecule has 0 aromatic heterocycles. The average molecular weight is 195 g/mol. The molecule has 0 aliphatic heterocycles. The van der Waals surface area contributed by atoms with Crippen LogP contribution in [0.15, 0.2) is 24.3 Å². The highest BCUT2D eigenvalue weighted by Gasteiger charge is 2.00. The Morgan fingerprint density at radius 1 is 1.43 bits per heavy atom. The highest BCUT2D eigenvalue weighted by atomic mass is 16.5. The van der Waals surface area contributed by atoms with Crippen LogP contribution < -0.4 is 9.97 Å². The number of amides is 1. The topological polar surface area (TPSA) is 67.8 Å². The predicted octanol–water partition coefficient (Wildman–Crippen LogP) is 0.502. The molecule has 0 aliphatic carbocycles. The van der Waals surface area contributed by atoms with Gasteiger partial charge in [0, 0.05) is 5.69 Å². The number of hydrogen-bond acceptors (Lipinski definition) is 4. The van der Waals surface area contributed by atoms with Gasteiger partial charge in [-0.1, -0.05) is 0 Å². The van der Waals surface area contributed by atoms with E-state index in [2.05, 4.69) is 10.1 Å². The zero-order chi connectivity index (χ0) is 10.4. The van der Waals surface area contributed by atoms with Crippen molar-refractivity contribution >= 4 is 19.5 Å². The summed E-state index contributed by atoms with van der Waals surface area (Å²) in [7, 11) is 0.919. The van der Waals surface area contributed by atoms with Crippen molar-refractivity contribution in [3.63, 3.8) is 0 Å². The first-order chi connectivity index (χ1) is 6.76. The van der Waals surface area contributed by atoms with E-state index in [1.165, 1.54) is 7.11 Å². The molecule has 0 fully saturated rings. The van der Waals surface area contributed by atoms with Gasteiger partial charge in [0.05, 0.1) is 7.11 Å². The summed E-state index contributed by atoms with van der Waals surface area (Å²) in [6, 6.07) is 6.53. The summed E-state index contributed by atoms with van der Waals surface area (Å²) in [6.45, 7) is 0. The first-order valence-electron chi connectivity index (χ1n) is 3.95. The Morgan fingerprint density at radius 3 is 2.57 bits per heavy atom. The molecule has 74 valence electrons. The van der Waals surface area contributed by atoms with Crippen molar-refractivity contribution in [2.24, 2.45) is 0 Å². The van der Waals surface area contributed by atoms with Crippen LogP contribution in [0.5, 0.6) is 5.75 Å². The number of ether oxygens (including phenoxy) is 1. The number of nitrogens with one attached hydrogen (secondary N) is 1. The second-order valence-corrected chi connectivity index (χ2v) is 2.41. The molecule has 5 nitrogen and oxygen atoms in total. The Morgan fingerprint density at radius 2 is 2.07 bits per heavy atom. The van der Waals surface area contributed by atoms with Crippen molar-refractivity contribution in [1.82, 2.24) is 0 Å². The van der Waals surface area contributed by atoms with Crippen LogP contribution in [0.2, 0.25) is 0 Å². The van der Waals surface area contributed by atoms with Crippen LogP contribution in [0.3, 0.4) is 0 Å². The number of carbonyl (C=O) groups excluding carboxylic acids is 1. The number of anilines is 1. The zero-order valence-electron chi connectivity index (χ0n) is 7.69. The quantitative estimate of drug-likeness (QED) is 0.689. The lowest BCUT2D eigenvalue weighted by Gasteiger charge is -2.05. The SMILES string of the molecule is COC(=O)Nc1ccc(OBO)cc1. The molecule has 0 bridgehead atoms. The van der Waals surface area contributed by atoms with Gasteiger partial charge in [0.15, 0.2) is 0 Å². The Balaban J connectivity index is 2.59. The lowest BCUT2D eigenvalue weighted by molar-refractivity contribution is 0.187. The van der Waals surface area contributed by atoms with Crippen LogP contribution in [0, 0.1) is 0 Å². The highest BCUT2D eigenvalue weighted by molar-refractivity contribution is 6.17. The number of rotatable bonds is 3. The average Bonchev–Trinajstić information content (AvgIpc) is 2.21. The van der Waals surface area contributed by atoms with E-state index in [1.54, 1.807) is 24.3 Å². The van der Waals surface area contributed by atoms with E-state index >= 15 is 0 Å². The lowest BCUT2D eigenvalue weighted by Crippen LogP contribution is -2.10. The maximum Gasteiger partial charge on any atom is 0.504 e. The van der Waals surface area contributed by atoms with Gasteiger partial charge in [-0.05, 0) is 24.3 Å². The minimum atomic E-state index is -0.527. The summed E-state index contributed by atoms with van der Waals surface area (Å²) >= 11 is 0. The largest absolute Gasteiger partial charge is 0.539 e. The molecule has 0 radical (unpaired) electrons. The fraction of sp³-hybridized carbons (Fsp3) is 0.125. The fourth-order valence-electron chi connectivity index (χ4n) is 0.878. The normalized spacial score (nSPS) is 9.00. The van der Waals surface area contributed by atoms with Gasteiger partial charge in [0.2, 0.25) is 0 Å². The van der Waals surface area contributed by atoms with E-state index in [0.717, 1.165) is 0 Å². The Labute approximate surface area is 82.0 Å². The molecule has 0 atom stereocenters. The fourth-order valence-corrected chi connectivity index (χ4v) is 0.878. The van der Waals surface area contributed by atoms with Crippen LogP contribution >= 0.6 is 0 Å². The smallest absolute Gasteiger partial charge is 0.504 e. The number of hydrogen-bond donors (Lipinski definition) is 2. The van der Waals surface area contributed by atoms with Gasteiger partial charge in [0.1, 0.15) is 5.75 Å². The molecule has 0 heterocycles. The summed E-state index contributed by atoms with van der Waals surface area (Å²) in [5, 5.41) is 10.9. The number of methoxy groups -OCH3 is 1. The van der Waals surface area contributed by atoms with Gasteiger partial charge < -0.3 is 14.4 Å². The Kier molecular flexibility index (Phi) is 3.81. The maximum atomic E-state index is 10.8. The molecule has 1 amide bonds. The highest BCUT2D eigenvalue weighted by Crippen LogP contribution is 2.15. The molecule has 0 unspecified atom stereocenters. The molecule has 1 rings (SSSR count). The second kappa shape index (κ2) is 5.13. The van der Waals surface area contributed by atoms with Gasteiger partial charge in [-0.3, -0.25) is 5.32 Å². The predicted molar refractivity (Wildman–Crippen MR) is 52.5 cm³/mol. The molecule has 0 saturated carbocycles.